The highest BCUT2D eigenvalue weighted by Gasteiger charge is 2.20. The van der Waals surface area contributed by atoms with Crippen molar-refractivity contribution in [2.45, 2.75) is 38.7 Å². The summed E-state index contributed by atoms with van der Waals surface area (Å²) in [4.78, 5) is 23.3. The van der Waals surface area contributed by atoms with E-state index in [1.165, 1.54) is 5.56 Å². The number of hydrogen-bond acceptors (Lipinski definition) is 4. The minimum atomic E-state index is -0.427. The quantitative estimate of drug-likeness (QED) is 0.267. The first-order chi connectivity index (χ1) is 14.3. The van der Waals surface area contributed by atoms with Gasteiger partial charge in [-0.2, -0.15) is 0 Å². The second kappa shape index (κ2) is 9.40. The van der Waals surface area contributed by atoms with Gasteiger partial charge in [0.25, 0.3) is 0 Å². The van der Waals surface area contributed by atoms with Crippen LogP contribution in [-0.2, 0) is 14.3 Å². The van der Waals surface area contributed by atoms with Crippen molar-refractivity contribution in [2.75, 3.05) is 0 Å². The fraction of sp³-hybridized carbons (Fsp3) is 0.231. The van der Waals surface area contributed by atoms with E-state index in [0.717, 1.165) is 24.0 Å². The monoisotopic (exact) mass is 402 g/mol. The van der Waals surface area contributed by atoms with Crippen molar-refractivity contribution < 1.29 is 19.1 Å². The molecule has 1 aliphatic rings. The van der Waals surface area contributed by atoms with Gasteiger partial charge in [0.15, 0.2) is 0 Å². The maximum absolute atomic E-state index is 11.7. The van der Waals surface area contributed by atoms with Gasteiger partial charge in [-0.05, 0) is 61.6 Å². The zero-order valence-electron chi connectivity index (χ0n) is 17.4. The van der Waals surface area contributed by atoms with Gasteiger partial charge in [0, 0.05) is 17.1 Å². The molecule has 0 fully saturated rings. The van der Waals surface area contributed by atoms with Crippen molar-refractivity contribution in [2.24, 2.45) is 0 Å². The van der Waals surface area contributed by atoms with E-state index in [-0.39, 0.29) is 12.1 Å². The van der Waals surface area contributed by atoms with E-state index in [2.05, 4.69) is 43.5 Å². The molecule has 0 aromatic heterocycles. The molecule has 2 unspecified atom stereocenters. The molecule has 0 saturated carbocycles. The smallest absolute Gasteiger partial charge is 0.338 e. The summed E-state index contributed by atoms with van der Waals surface area (Å²) in [5.41, 5.74) is 4.15. The van der Waals surface area contributed by atoms with Crippen LogP contribution in [0, 0.1) is 0 Å². The second-order valence-electron chi connectivity index (χ2n) is 7.61. The van der Waals surface area contributed by atoms with E-state index >= 15 is 0 Å². The van der Waals surface area contributed by atoms with Crippen LogP contribution in [0.15, 0.2) is 85.0 Å². The summed E-state index contributed by atoms with van der Waals surface area (Å²) in [5.74, 6) is 0.0394. The Kier molecular flexibility index (Phi) is 6.68. The number of ether oxygens (including phenoxy) is 2. The first-order valence-electron chi connectivity index (χ1n) is 9.96. The first-order valence-corrected chi connectivity index (χ1v) is 9.96. The van der Waals surface area contributed by atoms with Gasteiger partial charge < -0.3 is 9.47 Å². The molecular formula is C26H26O4. The van der Waals surface area contributed by atoms with Crippen molar-refractivity contribution in [3.8, 4) is 16.9 Å². The number of allylic oxidation sites excluding steroid dienone is 1. The van der Waals surface area contributed by atoms with Crippen molar-refractivity contribution in [3.05, 3.63) is 90.6 Å². The largest absolute Gasteiger partial charge is 0.455 e. The van der Waals surface area contributed by atoms with E-state index in [4.69, 9.17) is 9.47 Å². The third-order valence-electron chi connectivity index (χ3n) is 5.01. The Morgan fingerprint density at radius 3 is 1.87 bits per heavy atom. The molecule has 0 amide bonds. The van der Waals surface area contributed by atoms with Crippen LogP contribution >= 0.6 is 0 Å². The molecule has 2 atom stereocenters. The van der Waals surface area contributed by atoms with Crippen LogP contribution in [0.4, 0.5) is 0 Å². The molecule has 0 spiro atoms. The molecule has 1 aliphatic carbocycles. The minimum Gasteiger partial charge on any atom is -0.455 e. The average molecular weight is 402 g/mol. The topological polar surface area (TPSA) is 52.6 Å². The number of carbonyl (C=O) groups excluding carboxylic acids is 2. The van der Waals surface area contributed by atoms with Crippen LogP contribution in [0.2, 0.25) is 0 Å². The van der Waals surface area contributed by atoms with Gasteiger partial charge in [0.2, 0.25) is 0 Å². The molecule has 30 heavy (non-hydrogen) atoms. The Bertz CT molecular complexity index is 981. The van der Waals surface area contributed by atoms with Crippen molar-refractivity contribution >= 4 is 11.9 Å². The predicted molar refractivity (Wildman–Crippen MR) is 118 cm³/mol. The van der Waals surface area contributed by atoms with E-state index in [1.54, 1.807) is 26.0 Å². The van der Waals surface area contributed by atoms with Crippen molar-refractivity contribution in [1.29, 1.82) is 0 Å². The van der Waals surface area contributed by atoms with E-state index in [9.17, 15) is 9.59 Å². The lowest BCUT2D eigenvalue weighted by molar-refractivity contribution is -0.142. The second-order valence-corrected chi connectivity index (χ2v) is 7.61. The lowest BCUT2D eigenvalue weighted by atomic mass is 9.87. The van der Waals surface area contributed by atoms with Gasteiger partial charge in [-0.15, -0.1) is 0 Å². The Hall–Kier alpha value is -3.40. The summed E-state index contributed by atoms with van der Waals surface area (Å²) in [6.07, 6.45) is 5.62. The standard InChI is InChI=1S/C26H26O4/c1-17(2)25(27)29-23-13-9-21(10-14-23)19-5-7-20(8-6-19)22-11-15-24(16-12-22)30-26(28)18(3)4/h5-11,13-15,22,24H,1,3,12,16H2,2,4H3. The van der Waals surface area contributed by atoms with Crippen molar-refractivity contribution in [3.63, 3.8) is 0 Å². The third kappa shape index (κ3) is 5.35. The van der Waals surface area contributed by atoms with Gasteiger partial charge in [-0.1, -0.05) is 55.6 Å². The molecule has 0 N–H and O–H groups in total. The molecule has 2 aromatic carbocycles. The molecule has 3 rings (SSSR count). The van der Waals surface area contributed by atoms with Gasteiger partial charge in [-0.25, -0.2) is 9.59 Å². The first kappa shape index (κ1) is 21.3. The Balaban J connectivity index is 1.63. The number of carbonyl (C=O) groups is 2. The fourth-order valence-electron chi connectivity index (χ4n) is 3.24. The summed E-state index contributed by atoms with van der Waals surface area (Å²) >= 11 is 0. The molecule has 2 aromatic rings. The summed E-state index contributed by atoms with van der Waals surface area (Å²) in [6, 6.07) is 15.8. The summed E-state index contributed by atoms with van der Waals surface area (Å²) in [7, 11) is 0. The summed E-state index contributed by atoms with van der Waals surface area (Å²) in [6.45, 7) is 10.5. The maximum atomic E-state index is 11.7. The van der Waals surface area contributed by atoms with Crippen LogP contribution in [-0.4, -0.2) is 18.0 Å². The molecule has 0 aliphatic heterocycles. The van der Waals surface area contributed by atoms with Crippen LogP contribution in [0.25, 0.3) is 11.1 Å². The molecule has 0 radical (unpaired) electrons. The number of rotatable bonds is 6. The third-order valence-corrected chi connectivity index (χ3v) is 5.01. The van der Waals surface area contributed by atoms with E-state index < -0.39 is 5.97 Å². The van der Waals surface area contributed by atoms with Gasteiger partial charge in [0.1, 0.15) is 11.9 Å². The molecule has 0 saturated heterocycles. The highest BCUT2D eigenvalue weighted by atomic mass is 16.5. The van der Waals surface area contributed by atoms with Crippen LogP contribution in [0.1, 0.15) is 38.2 Å². The number of esters is 2. The van der Waals surface area contributed by atoms with Gasteiger partial charge in [0.05, 0.1) is 0 Å². The summed E-state index contributed by atoms with van der Waals surface area (Å²) in [5, 5.41) is 0. The lowest BCUT2D eigenvalue weighted by Crippen LogP contribution is -2.20. The molecule has 0 bridgehead atoms. The minimum absolute atomic E-state index is 0.179. The Morgan fingerprint density at radius 1 is 0.800 bits per heavy atom. The Morgan fingerprint density at radius 2 is 1.37 bits per heavy atom. The van der Waals surface area contributed by atoms with E-state index in [0.29, 0.717) is 22.8 Å². The van der Waals surface area contributed by atoms with Gasteiger partial charge in [-0.3, -0.25) is 0 Å². The predicted octanol–water partition coefficient (Wildman–Crippen LogP) is 5.76. The van der Waals surface area contributed by atoms with Gasteiger partial charge >= 0.3 is 11.9 Å². The molecule has 154 valence electrons. The van der Waals surface area contributed by atoms with Crippen LogP contribution in [0.3, 0.4) is 0 Å². The number of benzene rings is 2. The molecule has 4 heteroatoms. The van der Waals surface area contributed by atoms with Crippen molar-refractivity contribution in [1.82, 2.24) is 0 Å². The zero-order chi connectivity index (χ0) is 21.7. The lowest BCUT2D eigenvalue weighted by Gasteiger charge is -2.23. The molecular weight excluding hydrogens is 376 g/mol. The fourth-order valence-corrected chi connectivity index (χ4v) is 3.24. The number of hydrogen-bond donors (Lipinski definition) is 0. The zero-order valence-corrected chi connectivity index (χ0v) is 17.4. The molecule has 0 heterocycles. The van der Waals surface area contributed by atoms with Crippen LogP contribution in [0.5, 0.6) is 5.75 Å². The highest BCUT2D eigenvalue weighted by Crippen LogP contribution is 2.31. The molecule has 4 nitrogen and oxygen atoms in total. The summed E-state index contributed by atoms with van der Waals surface area (Å²) < 4.78 is 10.6. The Labute approximate surface area is 177 Å². The van der Waals surface area contributed by atoms with Crippen LogP contribution < -0.4 is 4.74 Å². The van der Waals surface area contributed by atoms with E-state index in [1.807, 2.05) is 18.2 Å². The maximum Gasteiger partial charge on any atom is 0.338 e. The highest BCUT2D eigenvalue weighted by molar-refractivity contribution is 5.89. The normalized spacial score (nSPS) is 17.8. The average Bonchev–Trinajstić information content (AvgIpc) is 2.75. The SMILES string of the molecule is C=C(C)C(=O)Oc1ccc(-c2ccc(C3C=CC(OC(=O)C(=C)C)CC3)cc2)cc1.